The normalized spacial score (nSPS) is 13.6. The molecule has 1 aromatic heterocycles. The maximum Gasteiger partial charge on any atom is 0.153 e. The minimum absolute atomic E-state index is 0.573. The van der Waals surface area contributed by atoms with E-state index in [1.165, 1.54) is 0 Å². The number of nitrogens with zero attached hydrogens (tertiary/aromatic N) is 1. The molecule has 0 spiro atoms. The summed E-state index contributed by atoms with van der Waals surface area (Å²) < 4.78 is 9.84. The topological polar surface area (TPSA) is 44.5 Å². The van der Waals surface area contributed by atoms with Crippen LogP contribution in [0.1, 0.15) is 0 Å². The molecule has 7 heavy (non-hydrogen) atoms. The molecule has 0 aliphatic heterocycles. The van der Waals surface area contributed by atoms with E-state index >= 15 is 0 Å². The molecule has 40 valence electrons. The second-order valence-corrected chi connectivity index (χ2v) is 5.23. The number of rotatable bonds is 0. The highest BCUT2D eigenvalue weighted by molar-refractivity contribution is 7.75. The van der Waals surface area contributed by atoms with Crippen LogP contribution in [0.3, 0.4) is 0 Å². The van der Waals surface area contributed by atoms with Crippen molar-refractivity contribution in [2.45, 2.75) is 0 Å². The average Bonchev–Trinajstić information content (AvgIpc) is 1.69. The number of halogens is 1. The van der Waals surface area contributed by atoms with E-state index in [4.69, 9.17) is 11.2 Å². The van der Waals surface area contributed by atoms with E-state index in [0.29, 0.717) is 8.51 Å². The van der Waals surface area contributed by atoms with Crippen molar-refractivity contribution in [1.29, 1.82) is 0 Å². The van der Waals surface area contributed by atoms with Crippen LogP contribution in [0.15, 0.2) is 0 Å². The molecule has 1 heterocycles. The third-order valence-electron chi connectivity index (χ3n) is 0.377. The van der Waals surface area contributed by atoms with Gasteiger partial charge in [-0.2, -0.15) is 4.51 Å². The summed E-state index contributed by atoms with van der Waals surface area (Å²) in [5.74, 6) is 0. The van der Waals surface area contributed by atoms with E-state index in [0.717, 1.165) is 8.51 Å². The molecular formula is H3ClN3P3. The van der Waals surface area contributed by atoms with Crippen molar-refractivity contribution in [2.24, 2.45) is 0 Å². The van der Waals surface area contributed by atoms with Gasteiger partial charge in [-0.25, -0.2) is 0 Å². The highest BCUT2D eigenvalue weighted by Gasteiger charge is 1.74. The van der Waals surface area contributed by atoms with Crippen LogP contribution < -0.4 is 0 Å². The second kappa shape index (κ2) is 2.79. The number of aromatic nitrogens is 3. The maximum absolute atomic E-state index is 5.56. The predicted octanol–water partition coefficient (Wildman–Crippen LogP) is 2.46. The van der Waals surface area contributed by atoms with E-state index in [1.54, 1.807) is 0 Å². The van der Waals surface area contributed by atoms with Gasteiger partial charge in [0.05, 0.1) is 0 Å². The SMILES string of the molecule is Clp1np[nH][pH][nH]1. The third-order valence-corrected chi connectivity index (χ3v) is 4.76. The number of hydrogen-bond donors (Lipinski definition) is 2. The summed E-state index contributed by atoms with van der Waals surface area (Å²) in [6, 6.07) is 0. The molecular weight excluding hydrogens is 170 g/mol. The highest BCUT2D eigenvalue weighted by atomic mass is 35.7. The summed E-state index contributed by atoms with van der Waals surface area (Å²) >= 11 is 5.56. The first kappa shape index (κ1) is 5.72. The van der Waals surface area contributed by atoms with Gasteiger partial charge in [0.2, 0.25) is 0 Å². The average molecular weight is 173 g/mol. The molecule has 3 nitrogen and oxygen atoms in total. The monoisotopic (exact) mass is 173 g/mol. The Morgan fingerprint density at radius 1 is 1.86 bits per heavy atom. The molecule has 2 unspecified atom stereocenters. The van der Waals surface area contributed by atoms with E-state index in [1.807, 2.05) is 0 Å². The lowest BCUT2D eigenvalue weighted by molar-refractivity contribution is 1.69. The van der Waals surface area contributed by atoms with Crippen LogP contribution in [-0.4, -0.2) is 13.5 Å². The van der Waals surface area contributed by atoms with Gasteiger partial charge in [-0.15, -0.1) is 0 Å². The van der Waals surface area contributed by atoms with Gasteiger partial charge >= 0.3 is 0 Å². The van der Waals surface area contributed by atoms with Gasteiger partial charge in [0.15, 0.2) is 7.20 Å². The molecule has 0 saturated carbocycles. The zero-order valence-electron chi connectivity index (χ0n) is 3.22. The van der Waals surface area contributed by atoms with E-state index < -0.39 is 7.20 Å². The highest BCUT2D eigenvalue weighted by Crippen LogP contribution is 2.25. The minimum atomic E-state index is -0.707. The van der Waals surface area contributed by atoms with Gasteiger partial charge < -0.3 is 4.51 Å². The van der Waals surface area contributed by atoms with E-state index in [-0.39, 0.29) is 0 Å². The van der Waals surface area contributed by atoms with Crippen LogP contribution in [0, 0.1) is 0 Å². The van der Waals surface area contributed by atoms with Gasteiger partial charge in [-0.1, -0.05) is 0 Å². The van der Waals surface area contributed by atoms with Crippen molar-refractivity contribution in [3.05, 3.63) is 0 Å². The van der Waals surface area contributed by atoms with Crippen LogP contribution in [0.4, 0.5) is 0 Å². The lowest BCUT2D eigenvalue weighted by Crippen LogP contribution is -1.53. The predicted molar refractivity (Wildman–Crippen MR) is 36.5 cm³/mol. The Balaban J connectivity index is 3.02. The quantitative estimate of drug-likeness (QED) is 0.622. The van der Waals surface area contributed by atoms with Crippen molar-refractivity contribution in [2.75, 3.05) is 0 Å². The number of H-pyrrole nitrogens is 2. The molecule has 2 N–H and O–H groups in total. The molecule has 0 aliphatic carbocycles. The Morgan fingerprint density at radius 2 is 2.71 bits per heavy atom. The van der Waals surface area contributed by atoms with Crippen molar-refractivity contribution in [3.8, 4) is 0 Å². The molecule has 7 heteroatoms. The Bertz CT molecular complexity index is 140. The van der Waals surface area contributed by atoms with Crippen molar-refractivity contribution in [3.63, 3.8) is 0 Å². The first-order valence-electron chi connectivity index (χ1n) is 1.52. The molecule has 0 saturated heterocycles. The standard InChI is InChI=1S/ClH3N3P3/c1-7-3-5-2-6-4-7/h3,5H,(H,2,4). The number of aromatic amines is 2. The zero-order valence-corrected chi connectivity index (χ0v) is 6.76. The molecule has 2 atom stereocenters. The summed E-state index contributed by atoms with van der Waals surface area (Å²) in [5, 5.41) is 0. The van der Waals surface area contributed by atoms with Gasteiger partial charge in [0.25, 0.3) is 0 Å². The van der Waals surface area contributed by atoms with Gasteiger partial charge in [0.1, 0.15) is 8.51 Å². The van der Waals surface area contributed by atoms with Crippen LogP contribution in [-0.2, 0) is 0 Å². The first-order valence-corrected chi connectivity index (χ1v) is 5.56. The van der Waals surface area contributed by atoms with Crippen molar-refractivity contribution >= 4 is 35.5 Å². The molecule has 0 radical (unpaired) electrons. The molecule has 0 amide bonds. The Kier molecular flexibility index (Phi) is 2.28. The zero-order chi connectivity index (χ0) is 5.11. The molecule has 0 aliphatic rings. The van der Waals surface area contributed by atoms with Crippen molar-refractivity contribution in [1.82, 2.24) is 13.5 Å². The number of hydrogen-bond acceptors (Lipinski definition) is 1. The molecule has 1 aromatic rings. The van der Waals surface area contributed by atoms with Crippen LogP contribution in [0.25, 0.3) is 0 Å². The van der Waals surface area contributed by atoms with Gasteiger partial charge in [-0.3, -0.25) is 4.51 Å². The Hall–Kier alpha value is 0.590. The van der Waals surface area contributed by atoms with E-state index in [2.05, 4.69) is 13.5 Å². The van der Waals surface area contributed by atoms with Gasteiger partial charge in [-0.05, 0) is 11.2 Å². The fraction of sp³-hybridized carbons (Fsp3) is 0. The molecule has 1 rings (SSSR count). The lowest BCUT2D eigenvalue weighted by Gasteiger charge is -1.82. The lowest BCUT2D eigenvalue weighted by atomic mass is 13.9. The summed E-state index contributed by atoms with van der Waals surface area (Å²) in [4.78, 5) is 0. The minimum Gasteiger partial charge on any atom is -0.302 e. The summed E-state index contributed by atoms with van der Waals surface area (Å²) in [7, 11) is 0.780. The van der Waals surface area contributed by atoms with Crippen molar-refractivity contribution < 1.29 is 0 Å². The van der Waals surface area contributed by atoms with Crippen LogP contribution in [0.5, 0.6) is 0 Å². The Labute approximate surface area is 49.6 Å². The molecule has 0 bridgehead atoms. The summed E-state index contributed by atoms with van der Waals surface area (Å²) in [6.07, 6.45) is 0. The number of nitrogens with one attached hydrogen (secondary N) is 2. The van der Waals surface area contributed by atoms with Crippen LogP contribution in [0.2, 0.25) is 0 Å². The summed E-state index contributed by atoms with van der Waals surface area (Å²) in [6.45, 7) is 0. The third kappa shape index (κ3) is 1.88. The molecule has 0 fully saturated rings. The smallest absolute Gasteiger partial charge is 0.153 e. The largest absolute Gasteiger partial charge is 0.302 e. The fourth-order valence-electron chi connectivity index (χ4n) is 0.180. The maximum atomic E-state index is 5.56. The Morgan fingerprint density at radius 3 is 3.00 bits per heavy atom. The van der Waals surface area contributed by atoms with Gasteiger partial charge in [0, 0.05) is 8.51 Å². The fourth-order valence-corrected chi connectivity index (χ4v) is 3.56. The first-order chi connectivity index (χ1) is 3.39. The van der Waals surface area contributed by atoms with E-state index in [9.17, 15) is 0 Å². The van der Waals surface area contributed by atoms with Crippen LogP contribution >= 0.6 is 35.5 Å². The molecule has 0 aromatic carbocycles. The second-order valence-electron chi connectivity index (χ2n) is 0.798. The summed E-state index contributed by atoms with van der Waals surface area (Å²) in [5.41, 5.74) is 0.